The first kappa shape index (κ1) is 16.6. The van der Waals surface area contributed by atoms with Crippen LogP contribution < -0.4 is 10.6 Å². The average Bonchev–Trinajstić information content (AvgIpc) is 2.67. The third kappa shape index (κ3) is 7.06. The van der Waals surface area contributed by atoms with Crippen molar-refractivity contribution in [3.63, 3.8) is 0 Å². The van der Waals surface area contributed by atoms with E-state index in [2.05, 4.69) is 24.5 Å². The van der Waals surface area contributed by atoms with Crippen LogP contribution in [0.15, 0.2) is 0 Å². The maximum absolute atomic E-state index is 11.6. The molecule has 1 amide bonds. The van der Waals surface area contributed by atoms with Crippen LogP contribution in [0.25, 0.3) is 0 Å². The predicted octanol–water partition coefficient (Wildman–Crippen LogP) is 2.77. The molecular formula is C14H28N2O2S. The molecule has 0 aromatic heterocycles. The fourth-order valence-electron chi connectivity index (χ4n) is 2.11. The normalized spacial score (nSPS) is 25.1. The van der Waals surface area contributed by atoms with Gasteiger partial charge in [-0.25, -0.2) is 4.79 Å². The van der Waals surface area contributed by atoms with Gasteiger partial charge in [0, 0.05) is 29.6 Å². The van der Waals surface area contributed by atoms with Crippen molar-refractivity contribution in [1.29, 1.82) is 0 Å². The second-order valence-electron chi connectivity index (χ2n) is 6.23. The molecular weight excluding hydrogens is 260 g/mol. The van der Waals surface area contributed by atoms with Crippen molar-refractivity contribution in [1.82, 2.24) is 10.6 Å². The summed E-state index contributed by atoms with van der Waals surface area (Å²) in [7, 11) is 0. The number of rotatable bonds is 5. The minimum absolute atomic E-state index is 0.323. The van der Waals surface area contributed by atoms with Crippen molar-refractivity contribution in [3.8, 4) is 0 Å². The number of carbonyl (C=O) groups excluding carboxylic acids is 1. The summed E-state index contributed by atoms with van der Waals surface area (Å²) in [5.41, 5.74) is -0.434. The van der Waals surface area contributed by atoms with E-state index < -0.39 is 5.60 Å². The Balaban J connectivity index is 2.26. The van der Waals surface area contributed by atoms with Gasteiger partial charge in [-0.15, -0.1) is 0 Å². The topological polar surface area (TPSA) is 50.4 Å². The number of hydrogen-bond acceptors (Lipinski definition) is 4. The highest BCUT2D eigenvalue weighted by molar-refractivity contribution is 8.00. The largest absolute Gasteiger partial charge is 0.444 e. The number of nitrogens with one attached hydrogen (secondary N) is 2. The molecule has 1 heterocycles. The summed E-state index contributed by atoms with van der Waals surface area (Å²) in [5, 5.41) is 7.21. The SMILES string of the molecule is CCC(CNC(=O)OC(C)(C)C)NC1CSC(C)C1. The van der Waals surface area contributed by atoms with Gasteiger partial charge in [0.2, 0.25) is 0 Å². The lowest BCUT2D eigenvalue weighted by Gasteiger charge is -2.24. The van der Waals surface area contributed by atoms with Crippen LogP contribution in [0.1, 0.15) is 47.5 Å². The number of thioether (sulfide) groups is 1. The van der Waals surface area contributed by atoms with Gasteiger partial charge in [0.15, 0.2) is 0 Å². The molecule has 19 heavy (non-hydrogen) atoms. The quantitative estimate of drug-likeness (QED) is 0.817. The number of hydrogen-bond donors (Lipinski definition) is 2. The van der Waals surface area contributed by atoms with Gasteiger partial charge in [-0.2, -0.15) is 11.8 Å². The zero-order valence-corrected chi connectivity index (χ0v) is 13.6. The van der Waals surface area contributed by atoms with Crippen molar-refractivity contribution < 1.29 is 9.53 Å². The molecule has 0 spiro atoms. The van der Waals surface area contributed by atoms with Gasteiger partial charge in [-0.05, 0) is 33.6 Å². The van der Waals surface area contributed by atoms with Crippen molar-refractivity contribution in [2.24, 2.45) is 0 Å². The molecule has 2 N–H and O–H groups in total. The first-order chi connectivity index (χ1) is 8.80. The smallest absolute Gasteiger partial charge is 0.407 e. The fourth-order valence-corrected chi connectivity index (χ4v) is 3.27. The highest BCUT2D eigenvalue weighted by atomic mass is 32.2. The van der Waals surface area contributed by atoms with E-state index in [0.717, 1.165) is 11.7 Å². The molecule has 1 aliphatic rings. The summed E-state index contributed by atoms with van der Waals surface area (Å²) in [6.45, 7) is 10.7. The van der Waals surface area contributed by atoms with Crippen molar-refractivity contribution in [2.45, 2.75) is 70.4 Å². The van der Waals surface area contributed by atoms with Crippen LogP contribution >= 0.6 is 11.8 Å². The minimum atomic E-state index is -0.434. The Kier molecular flexibility index (Phi) is 6.47. The van der Waals surface area contributed by atoms with Gasteiger partial charge in [-0.1, -0.05) is 13.8 Å². The maximum Gasteiger partial charge on any atom is 0.407 e. The summed E-state index contributed by atoms with van der Waals surface area (Å²) >= 11 is 2.02. The number of ether oxygens (including phenoxy) is 1. The lowest BCUT2D eigenvalue weighted by Crippen LogP contribution is -2.46. The second kappa shape index (κ2) is 7.39. The van der Waals surface area contributed by atoms with E-state index in [1.807, 2.05) is 32.5 Å². The van der Waals surface area contributed by atoms with E-state index in [-0.39, 0.29) is 6.09 Å². The Bertz CT molecular complexity index is 292. The Morgan fingerprint density at radius 1 is 1.47 bits per heavy atom. The molecule has 3 unspecified atom stereocenters. The van der Waals surface area contributed by atoms with Gasteiger partial charge in [0.25, 0.3) is 0 Å². The monoisotopic (exact) mass is 288 g/mol. The average molecular weight is 288 g/mol. The molecule has 1 aliphatic heterocycles. The van der Waals surface area contributed by atoms with Crippen molar-refractivity contribution in [2.75, 3.05) is 12.3 Å². The second-order valence-corrected chi connectivity index (χ2v) is 7.70. The zero-order valence-electron chi connectivity index (χ0n) is 12.8. The molecule has 1 fully saturated rings. The third-order valence-corrected chi connectivity index (χ3v) is 4.41. The lowest BCUT2D eigenvalue weighted by atomic mass is 10.1. The minimum Gasteiger partial charge on any atom is -0.444 e. The summed E-state index contributed by atoms with van der Waals surface area (Å²) in [5.74, 6) is 1.17. The molecule has 1 rings (SSSR count). The first-order valence-corrected chi connectivity index (χ1v) is 8.19. The van der Waals surface area contributed by atoms with E-state index in [1.54, 1.807) is 0 Å². The summed E-state index contributed by atoms with van der Waals surface area (Å²) in [6, 6.07) is 0.897. The van der Waals surface area contributed by atoms with Gasteiger partial charge in [0.05, 0.1) is 0 Å². The van der Waals surface area contributed by atoms with E-state index >= 15 is 0 Å². The molecule has 4 nitrogen and oxygen atoms in total. The highest BCUT2D eigenvalue weighted by Gasteiger charge is 2.24. The molecule has 0 saturated carbocycles. The molecule has 0 bridgehead atoms. The highest BCUT2D eigenvalue weighted by Crippen LogP contribution is 2.26. The molecule has 0 aliphatic carbocycles. The van der Waals surface area contributed by atoms with Gasteiger partial charge in [0.1, 0.15) is 5.60 Å². The van der Waals surface area contributed by atoms with E-state index in [9.17, 15) is 4.79 Å². The third-order valence-electron chi connectivity index (χ3n) is 3.05. The summed E-state index contributed by atoms with van der Waals surface area (Å²) in [4.78, 5) is 11.6. The Labute approximate surface area is 121 Å². The van der Waals surface area contributed by atoms with Crippen LogP contribution in [0, 0.1) is 0 Å². The Morgan fingerprint density at radius 2 is 2.16 bits per heavy atom. The Hall–Kier alpha value is -0.420. The standard InChI is InChI=1S/C14H28N2O2S/c1-6-11(16-12-7-10(2)19-9-12)8-15-13(17)18-14(3,4)5/h10-12,16H,6-9H2,1-5H3,(H,15,17). The molecule has 1 saturated heterocycles. The van der Waals surface area contributed by atoms with E-state index in [0.29, 0.717) is 18.6 Å². The predicted molar refractivity (Wildman–Crippen MR) is 81.8 cm³/mol. The number of amides is 1. The fraction of sp³-hybridized carbons (Fsp3) is 0.929. The molecule has 0 aromatic rings. The van der Waals surface area contributed by atoms with Crippen LogP contribution in [0.5, 0.6) is 0 Å². The molecule has 3 atom stereocenters. The molecule has 0 radical (unpaired) electrons. The van der Waals surface area contributed by atoms with Crippen LogP contribution in [-0.2, 0) is 4.74 Å². The maximum atomic E-state index is 11.6. The summed E-state index contributed by atoms with van der Waals surface area (Å²) < 4.78 is 5.24. The zero-order chi connectivity index (χ0) is 14.5. The molecule has 0 aromatic carbocycles. The summed E-state index contributed by atoms with van der Waals surface area (Å²) in [6.07, 6.45) is 1.89. The Morgan fingerprint density at radius 3 is 2.63 bits per heavy atom. The number of carbonyl (C=O) groups is 1. The van der Waals surface area contributed by atoms with Gasteiger partial charge >= 0.3 is 6.09 Å². The molecule has 112 valence electrons. The van der Waals surface area contributed by atoms with E-state index in [4.69, 9.17) is 4.74 Å². The van der Waals surface area contributed by atoms with Crippen LogP contribution in [0.4, 0.5) is 4.79 Å². The lowest BCUT2D eigenvalue weighted by molar-refractivity contribution is 0.0521. The van der Waals surface area contributed by atoms with Gasteiger partial charge < -0.3 is 15.4 Å². The van der Waals surface area contributed by atoms with E-state index in [1.165, 1.54) is 12.2 Å². The molecule has 5 heteroatoms. The van der Waals surface area contributed by atoms with Crippen LogP contribution in [0.3, 0.4) is 0 Å². The van der Waals surface area contributed by atoms with Gasteiger partial charge in [-0.3, -0.25) is 0 Å². The van der Waals surface area contributed by atoms with Crippen LogP contribution in [-0.4, -0.2) is 41.3 Å². The van der Waals surface area contributed by atoms with Crippen molar-refractivity contribution >= 4 is 17.9 Å². The number of alkyl carbamates (subject to hydrolysis) is 1. The first-order valence-electron chi connectivity index (χ1n) is 7.14. The van der Waals surface area contributed by atoms with Crippen LogP contribution in [0.2, 0.25) is 0 Å². The van der Waals surface area contributed by atoms with Crippen molar-refractivity contribution in [3.05, 3.63) is 0 Å².